The Morgan fingerprint density at radius 1 is 1.04 bits per heavy atom. The van der Waals surface area contributed by atoms with Crippen molar-refractivity contribution in [3.63, 3.8) is 0 Å². The van der Waals surface area contributed by atoms with E-state index in [0.717, 1.165) is 11.1 Å². The van der Waals surface area contributed by atoms with Gasteiger partial charge in [-0.25, -0.2) is 0 Å². The summed E-state index contributed by atoms with van der Waals surface area (Å²) in [5.74, 6) is 0.788. The lowest BCUT2D eigenvalue weighted by Crippen LogP contribution is -2.24. The van der Waals surface area contributed by atoms with Gasteiger partial charge in [0.15, 0.2) is 11.5 Å². The summed E-state index contributed by atoms with van der Waals surface area (Å²) < 4.78 is 10.5. The molecular weight excluding hydrogens is 358 g/mol. The van der Waals surface area contributed by atoms with Crippen molar-refractivity contribution < 1.29 is 19.1 Å². The first-order valence-corrected chi connectivity index (χ1v) is 8.79. The number of aryl methyl sites for hydroxylation is 1. The molecule has 7 heteroatoms. The molecule has 2 aromatic carbocycles. The van der Waals surface area contributed by atoms with Gasteiger partial charge < -0.3 is 20.1 Å². The number of nitrogens with one attached hydrogen (secondary N) is 2. The van der Waals surface area contributed by atoms with Crippen LogP contribution in [0.15, 0.2) is 42.5 Å². The van der Waals surface area contributed by atoms with E-state index in [9.17, 15) is 9.59 Å². The van der Waals surface area contributed by atoms with E-state index < -0.39 is 0 Å². The van der Waals surface area contributed by atoms with Gasteiger partial charge in [0.25, 0.3) is 0 Å². The molecule has 0 atom stereocenters. The Balaban J connectivity index is 1.90. The lowest BCUT2D eigenvalue weighted by molar-refractivity contribution is -0.121. The van der Waals surface area contributed by atoms with Crippen LogP contribution in [0.2, 0.25) is 0 Å². The molecule has 146 valence electrons. The van der Waals surface area contributed by atoms with E-state index in [4.69, 9.17) is 14.7 Å². The van der Waals surface area contributed by atoms with E-state index in [1.807, 2.05) is 30.3 Å². The second-order valence-corrected chi connectivity index (χ2v) is 6.01. The minimum absolute atomic E-state index is 0.104. The molecule has 0 bridgehead atoms. The summed E-state index contributed by atoms with van der Waals surface area (Å²) >= 11 is 0. The van der Waals surface area contributed by atoms with E-state index in [1.165, 1.54) is 0 Å². The third-order valence-electron chi connectivity index (χ3n) is 4.10. The van der Waals surface area contributed by atoms with Crippen LogP contribution in [0.25, 0.3) is 0 Å². The predicted molar refractivity (Wildman–Crippen MR) is 105 cm³/mol. The number of methoxy groups -OCH3 is 2. The molecule has 0 aromatic heterocycles. The SMILES string of the molecule is COc1ccc(CCC(=O)NCc2ccccc2NC(=O)CC#N)cc1OC. The molecule has 0 saturated heterocycles. The molecule has 2 aromatic rings. The quantitative estimate of drug-likeness (QED) is 0.696. The maximum absolute atomic E-state index is 12.2. The number of hydrogen-bond donors (Lipinski definition) is 2. The summed E-state index contributed by atoms with van der Waals surface area (Å²) in [6, 6.07) is 14.5. The molecule has 0 saturated carbocycles. The maximum atomic E-state index is 12.2. The number of ether oxygens (including phenoxy) is 2. The predicted octanol–water partition coefficient (Wildman–Crippen LogP) is 2.80. The number of amides is 2. The van der Waals surface area contributed by atoms with Crippen molar-refractivity contribution in [3.05, 3.63) is 53.6 Å². The lowest BCUT2D eigenvalue weighted by atomic mass is 10.1. The van der Waals surface area contributed by atoms with Crippen LogP contribution >= 0.6 is 0 Å². The van der Waals surface area contributed by atoms with E-state index in [2.05, 4.69) is 10.6 Å². The Hall–Kier alpha value is -3.53. The number of nitrogens with zero attached hydrogens (tertiary/aromatic N) is 1. The number of para-hydroxylation sites is 1. The molecule has 0 aliphatic heterocycles. The number of benzene rings is 2. The standard InChI is InChI=1S/C21H23N3O4/c1-27-18-9-7-15(13-19(18)28-2)8-10-20(25)23-14-16-5-3-4-6-17(16)24-21(26)11-12-22/h3-7,9,13H,8,10-11,14H2,1-2H3,(H,23,25)(H,24,26). The van der Waals surface area contributed by atoms with Crippen LogP contribution in [-0.2, 0) is 22.6 Å². The largest absolute Gasteiger partial charge is 0.493 e. The van der Waals surface area contributed by atoms with Crippen LogP contribution < -0.4 is 20.1 Å². The maximum Gasteiger partial charge on any atom is 0.238 e. The average Bonchev–Trinajstić information content (AvgIpc) is 2.71. The highest BCUT2D eigenvalue weighted by Crippen LogP contribution is 2.28. The topological polar surface area (TPSA) is 100 Å². The number of anilines is 1. The van der Waals surface area contributed by atoms with Crippen molar-refractivity contribution in [2.24, 2.45) is 0 Å². The van der Waals surface area contributed by atoms with Crippen LogP contribution in [0.5, 0.6) is 11.5 Å². The molecule has 0 aliphatic rings. The molecule has 7 nitrogen and oxygen atoms in total. The minimum atomic E-state index is -0.380. The molecule has 0 spiro atoms. The van der Waals surface area contributed by atoms with Gasteiger partial charge in [-0.2, -0.15) is 5.26 Å². The first-order chi connectivity index (χ1) is 13.6. The molecular formula is C21H23N3O4. The highest BCUT2D eigenvalue weighted by Gasteiger charge is 2.09. The fourth-order valence-corrected chi connectivity index (χ4v) is 2.64. The second-order valence-electron chi connectivity index (χ2n) is 6.01. The average molecular weight is 381 g/mol. The molecule has 2 rings (SSSR count). The van der Waals surface area contributed by atoms with Crippen molar-refractivity contribution in [1.82, 2.24) is 5.32 Å². The number of carbonyl (C=O) groups excluding carboxylic acids is 2. The van der Waals surface area contributed by atoms with E-state index in [0.29, 0.717) is 30.0 Å². The third-order valence-corrected chi connectivity index (χ3v) is 4.10. The summed E-state index contributed by atoms with van der Waals surface area (Å²) in [6.45, 7) is 0.285. The van der Waals surface area contributed by atoms with E-state index >= 15 is 0 Å². The zero-order valence-corrected chi connectivity index (χ0v) is 16.0. The van der Waals surface area contributed by atoms with Gasteiger partial charge in [0.2, 0.25) is 11.8 Å². The van der Waals surface area contributed by atoms with Crippen LogP contribution in [-0.4, -0.2) is 26.0 Å². The summed E-state index contributed by atoms with van der Waals surface area (Å²) in [4.78, 5) is 23.8. The molecule has 2 amide bonds. The first kappa shape index (κ1) is 20.8. The van der Waals surface area contributed by atoms with Gasteiger partial charge in [-0.3, -0.25) is 9.59 Å². The van der Waals surface area contributed by atoms with E-state index in [-0.39, 0.29) is 24.8 Å². The lowest BCUT2D eigenvalue weighted by Gasteiger charge is -2.12. The van der Waals surface area contributed by atoms with Crippen molar-refractivity contribution in [1.29, 1.82) is 5.26 Å². The number of nitriles is 1. The summed E-state index contributed by atoms with van der Waals surface area (Å²) in [5.41, 5.74) is 2.33. The van der Waals surface area contributed by atoms with Crippen molar-refractivity contribution in [2.45, 2.75) is 25.8 Å². The van der Waals surface area contributed by atoms with Crippen molar-refractivity contribution >= 4 is 17.5 Å². The normalized spacial score (nSPS) is 9.89. The monoisotopic (exact) mass is 381 g/mol. The molecule has 0 radical (unpaired) electrons. The third kappa shape index (κ3) is 6.02. The van der Waals surface area contributed by atoms with Crippen LogP contribution in [0.3, 0.4) is 0 Å². The molecule has 0 aliphatic carbocycles. The van der Waals surface area contributed by atoms with Crippen LogP contribution in [0.1, 0.15) is 24.0 Å². The molecule has 0 fully saturated rings. The molecule has 2 N–H and O–H groups in total. The Labute approximate surface area is 164 Å². The number of rotatable bonds is 9. The Bertz CT molecular complexity index is 874. The first-order valence-electron chi connectivity index (χ1n) is 8.79. The van der Waals surface area contributed by atoms with Gasteiger partial charge in [0, 0.05) is 18.7 Å². The van der Waals surface area contributed by atoms with Gasteiger partial charge >= 0.3 is 0 Å². The van der Waals surface area contributed by atoms with Gasteiger partial charge in [0.05, 0.1) is 20.3 Å². The smallest absolute Gasteiger partial charge is 0.238 e. The second kappa shape index (κ2) is 10.6. The molecule has 0 heterocycles. The van der Waals surface area contributed by atoms with E-state index in [1.54, 1.807) is 32.4 Å². The van der Waals surface area contributed by atoms with Gasteiger partial charge in [-0.1, -0.05) is 24.3 Å². The van der Waals surface area contributed by atoms with Gasteiger partial charge in [-0.15, -0.1) is 0 Å². The summed E-state index contributed by atoms with van der Waals surface area (Å²) in [5, 5.41) is 14.1. The zero-order valence-electron chi connectivity index (χ0n) is 16.0. The highest BCUT2D eigenvalue weighted by molar-refractivity contribution is 5.92. The zero-order chi connectivity index (χ0) is 20.4. The fourth-order valence-electron chi connectivity index (χ4n) is 2.64. The number of carbonyl (C=O) groups is 2. The number of hydrogen-bond acceptors (Lipinski definition) is 5. The van der Waals surface area contributed by atoms with Crippen molar-refractivity contribution in [2.75, 3.05) is 19.5 Å². The fraction of sp³-hybridized carbons (Fsp3) is 0.286. The Morgan fingerprint density at radius 2 is 1.79 bits per heavy atom. The summed E-state index contributed by atoms with van der Waals surface area (Å²) in [7, 11) is 3.15. The van der Waals surface area contributed by atoms with Crippen LogP contribution in [0.4, 0.5) is 5.69 Å². The highest BCUT2D eigenvalue weighted by atomic mass is 16.5. The van der Waals surface area contributed by atoms with Gasteiger partial charge in [0.1, 0.15) is 6.42 Å². The van der Waals surface area contributed by atoms with Gasteiger partial charge in [-0.05, 0) is 35.7 Å². The molecule has 28 heavy (non-hydrogen) atoms. The Morgan fingerprint density at radius 3 is 2.50 bits per heavy atom. The molecule has 0 unspecified atom stereocenters. The summed E-state index contributed by atoms with van der Waals surface area (Å²) in [6.07, 6.45) is 0.664. The Kier molecular flexibility index (Phi) is 7.85. The minimum Gasteiger partial charge on any atom is -0.493 e. The van der Waals surface area contributed by atoms with Crippen molar-refractivity contribution in [3.8, 4) is 17.6 Å². The van der Waals surface area contributed by atoms with Crippen LogP contribution in [0, 0.1) is 11.3 Å².